The molecule has 2 fully saturated rings. The first-order valence-electron chi connectivity index (χ1n) is 8.47. The second-order valence-corrected chi connectivity index (χ2v) is 7.21. The van der Waals surface area contributed by atoms with Gasteiger partial charge in [0.15, 0.2) is 0 Å². The number of rotatable bonds is 3. The molecule has 1 unspecified atom stereocenters. The van der Waals surface area contributed by atoms with E-state index in [1.165, 1.54) is 12.1 Å². The molecule has 3 nitrogen and oxygen atoms in total. The number of benzene rings is 1. The van der Waals surface area contributed by atoms with Crippen molar-refractivity contribution in [1.82, 2.24) is 4.90 Å². The fourth-order valence-electron chi connectivity index (χ4n) is 3.70. The molecule has 2 saturated heterocycles. The molecule has 0 saturated carbocycles. The Morgan fingerprint density at radius 3 is 2.57 bits per heavy atom. The van der Waals surface area contributed by atoms with E-state index < -0.39 is 5.60 Å². The van der Waals surface area contributed by atoms with Gasteiger partial charge >= 0.3 is 0 Å². The van der Waals surface area contributed by atoms with Crippen molar-refractivity contribution in [1.29, 1.82) is 0 Å². The van der Waals surface area contributed by atoms with Crippen molar-refractivity contribution in [3.63, 3.8) is 0 Å². The number of halogens is 1. The molecule has 1 aromatic carbocycles. The number of hydrogen-bond donors (Lipinski definition) is 1. The Hall–Kier alpha value is -1.23. The molecular weight excluding hydrogens is 293 g/mol. The molecule has 2 aliphatic heterocycles. The zero-order valence-electron chi connectivity index (χ0n) is 13.8. The Morgan fingerprint density at radius 2 is 1.91 bits per heavy atom. The van der Waals surface area contributed by atoms with E-state index in [0.29, 0.717) is 6.61 Å². The lowest BCUT2D eigenvalue weighted by molar-refractivity contribution is -0.172. The van der Waals surface area contributed by atoms with Gasteiger partial charge in [0.25, 0.3) is 0 Å². The van der Waals surface area contributed by atoms with E-state index >= 15 is 0 Å². The third-order valence-corrected chi connectivity index (χ3v) is 5.06. The zero-order valence-corrected chi connectivity index (χ0v) is 13.8. The number of aliphatic hydroxyl groups is 1. The van der Waals surface area contributed by atoms with Crippen molar-refractivity contribution in [3.8, 4) is 0 Å². The van der Waals surface area contributed by atoms with E-state index in [-0.39, 0.29) is 11.4 Å². The van der Waals surface area contributed by atoms with Gasteiger partial charge in [-0.05, 0) is 43.9 Å². The van der Waals surface area contributed by atoms with Crippen LogP contribution in [-0.2, 0) is 4.74 Å². The highest BCUT2D eigenvalue weighted by atomic mass is 19.1. The maximum absolute atomic E-state index is 12.9. The molecule has 2 aliphatic rings. The molecule has 23 heavy (non-hydrogen) atoms. The van der Waals surface area contributed by atoms with Crippen molar-refractivity contribution < 1.29 is 14.2 Å². The van der Waals surface area contributed by atoms with Gasteiger partial charge in [0.1, 0.15) is 5.82 Å². The molecule has 1 atom stereocenters. The highest BCUT2D eigenvalue weighted by Gasteiger charge is 2.44. The Kier molecular flexibility index (Phi) is 4.85. The largest absolute Gasteiger partial charge is 0.390 e. The van der Waals surface area contributed by atoms with Crippen molar-refractivity contribution in [2.45, 2.75) is 43.8 Å². The van der Waals surface area contributed by atoms with E-state index in [4.69, 9.17) is 4.74 Å². The molecule has 1 N–H and O–H groups in total. The summed E-state index contributed by atoms with van der Waals surface area (Å²) in [6.07, 6.45) is 7.61. The summed E-state index contributed by atoms with van der Waals surface area (Å²) >= 11 is 0. The van der Waals surface area contributed by atoms with Crippen LogP contribution in [0.3, 0.4) is 0 Å². The number of hydrogen-bond acceptors (Lipinski definition) is 3. The van der Waals surface area contributed by atoms with Gasteiger partial charge in [-0.2, -0.15) is 0 Å². The number of ether oxygens (including phenoxy) is 1. The molecule has 0 aliphatic carbocycles. The van der Waals surface area contributed by atoms with E-state index in [1.54, 1.807) is 12.1 Å². The van der Waals surface area contributed by atoms with Gasteiger partial charge in [-0.15, -0.1) is 0 Å². The van der Waals surface area contributed by atoms with E-state index in [2.05, 4.69) is 11.0 Å². The fourth-order valence-corrected chi connectivity index (χ4v) is 3.70. The number of nitrogens with zero attached hydrogens (tertiary/aromatic N) is 1. The summed E-state index contributed by atoms with van der Waals surface area (Å²) in [5.41, 5.74) is 0.313. The van der Waals surface area contributed by atoms with Gasteiger partial charge in [-0.3, -0.25) is 4.90 Å². The van der Waals surface area contributed by atoms with Crippen molar-refractivity contribution >= 4 is 6.08 Å². The first kappa shape index (κ1) is 16.6. The Bertz CT molecular complexity index is 545. The molecule has 0 bridgehead atoms. The van der Waals surface area contributed by atoms with Gasteiger partial charge < -0.3 is 9.84 Å². The van der Waals surface area contributed by atoms with Gasteiger partial charge in [0, 0.05) is 26.1 Å². The van der Waals surface area contributed by atoms with Gasteiger partial charge in [-0.25, -0.2) is 4.39 Å². The van der Waals surface area contributed by atoms with Crippen LogP contribution in [0.4, 0.5) is 4.39 Å². The molecule has 1 aromatic rings. The molecule has 4 heteroatoms. The zero-order chi connectivity index (χ0) is 16.3. The average Bonchev–Trinajstić information content (AvgIpc) is 2.50. The molecule has 126 valence electrons. The lowest BCUT2D eigenvalue weighted by Gasteiger charge is -2.48. The van der Waals surface area contributed by atoms with Crippen LogP contribution >= 0.6 is 0 Å². The average molecular weight is 319 g/mol. The monoisotopic (exact) mass is 319 g/mol. The SMILES string of the molecule is CC1(O)CCOC2(CCN(C/C=C/c3ccc(F)cc3)CC2)C1. The minimum Gasteiger partial charge on any atom is -0.390 e. The maximum atomic E-state index is 12.9. The van der Waals surface area contributed by atoms with Crippen molar-refractivity contribution in [2.24, 2.45) is 0 Å². The van der Waals surface area contributed by atoms with Crippen LogP contribution in [0.2, 0.25) is 0 Å². The molecule has 0 aromatic heterocycles. The summed E-state index contributed by atoms with van der Waals surface area (Å²) in [7, 11) is 0. The third-order valence-electron chi connectivity index (χ3n) is 5.06. The molecule has 2 heterocycles. The molecule has 3 rings (SSSR count). The summed E-state index contributed by atoms with van der Waals surface area (Å²) in [4.78, 5) is 2.40. The number of likely N-dealkylation sites (tertiary alicyclic amines) is 1. The van der Waals surface area contributed by atoms with Crippen LogP contribution in [-0.4, -0.2) is 47.4 Å². The Morgan fingerprint density at radius 1 is 1.22 bits per heavy atom. The summed E-state index contributed by atoms with van der Waals surface area (Å²) < 4.78 is 18.9. The highest BCUT2D eigenvalue weighted by molar-refractivity contribution is 5.48. The maximum Gasteiger partial charge on any atom is 0.123 e. The van der Waals surface area contributed by atoms with Crippen molar-refractivity contribution in [3.05, 3.63) is 41.7 Å². The molecule has 0 radical (unpaired) electrons. The smallest absolute Gasteiger partial charge is 0.123 e. The van der Waals surface area contributed by atoms with Gasteiger partial charge in [-0.1, -0.05) is 24.3 Å². The van der Waals surface area contributed by atoms with E-state index in [9.17, 15) is 9.50 Å². The van der Waals surface area contributed by atoms with Gasteiger partial charge in [0.05, 0.1) is 17.8 Å². The van der Waals surface area contributed by atoms with E-state index in [0.717, 1.165) is 50.9 Å². The van der Waals surface area contributed by atoms with Crippen LogP contribution < -0.4 is 0 Å². The molecule has 0 amide bonds. The summed E-state index contributed by atoms with van der Waals surface area (Å²) in [5.74, 6) is -0.202. The predicted molar refractivity (Wildman–Crippen MR) is 89.6 cm³/mol. The fraction of sp³-hybridized carbons (Fsp3) is 0.579. The van der Waals surface area contributed by atoms with Crippen LogP contribution in [0.5, 0.6) is 0 Å². The van der Waals surface area contributed by atoms with Gasteiger partial charge in [0.2, 0.25) is 0 Å². The standard InChI is InChI=1S/C19H26FNO2/c1-18(22)10-14-23-19(15-18)8-12-21(13-9-19)11-2-3-16-4-6-17(20)7-5-16/h2-7,22H,8-15H2,1H3/b3-2+. The minimum atomic E-state index is -0.580. The lowest BCUT2D eigenvalue weighted by Crippen LogP contribution is -2.53. The second kappa shape index (κ2) is 6.71. The Balaban J connectivity index is 1.48. The first-order chi connectivity index (χ1) is 11.0. The first-order valence-corrected chi connectivity index (χ1v) is 8.47. The predicted octanol–water partition coefficient (Wildman–Crippen LogP) is 3.23. The Labute approximate surface area is 137 Å². The van der Waals surface area contributed by atoms with Crippen LogP contribution in [0.15, 0.2) is 30.3 Å². The minimum absolute atomic E-state index is 0.126. The lowest BCUT2D eigenvalue weighted by atomic mass is 9.78. The van der Waals surface area contributed by atoms with Crippen LogP contribution in [0, 0.1) is 5.82 Å². The highest BCUT2D eigenvalue weighted by Crippen LogP contribution is 2.39. The summed E-state index contributed by atoms with van der Waals surface area (Å²) in [5, 5.41) is 10.3. The second-order valence-electron chi connectivity index (χ2n) is 7.21. The van der Waals surface area contributed by atoms with E-state index in [1.807, 2.05) is 13.0 Å². The van der Waals surface area contributed by atoms with Crippen LogP contribution in [0.25, 0.3) is 6.08 Å². The number of piperidine rings is 1. The summed E-state index contributed by atoms with van der Waals surface area (Å²) in [6, 6.07) is 6.54. The normalized spacial score (nSPS) is 28.5. The molecular formula is C19H26FNO2. The quantitative estimate of drug-likeness (QED) is 0.928. The molecule has 1 spiro atoms. The van der Waals surface area contributed by atoms with Crippen LogP contribution in [0.1, 0.15) is 38.2 Å². The topological polar surface area (TPSA) is 32.7 Å². The van der Waals surface area contributed by atoms with Crippen molar-refractivity contribution in [2.75, 3.05) is 26.2 Å². The summed E-state index contributed by atoms with van der Waals surface area (Å²) in [6.45, 7) is 5.46. The third kappa shape index (κ3) is 4.40.